The molecule has 0 aliphatic heterocycles. The fraction of sp³-hybridized carbons (Fsp3) is 0. The fourth-order valence-electron chi connectivity index (χ4n) is 0.819. The van der Waals surface area contributed by atoms with Crippen LogP contribution >= 0.6 is 28.6 Å². The van der Waals surface area contributed by atoms with Crippen molar-refractivity contribution >= 4 is 40.6 Å². The molecule has 0 unspecified atom stereocenters. The molecule has 0 aromatic heterocycles. The number of carboxylic acid groups (broad SMARTS) is 1. The van der Waals surface area contributed by atoms with Gasteiger partial charge >= 0.3 is 5.97 Å². The molecule has 0 bridgehead atoms. The van der Waals surface area contributed by atoms with Gasteiger partial charge < -0.3 is 5.11 Å². The van der Waals surface area contributed by atoms with Crippen LogP contribution in [0, 0.1) is 0 Å². The lowest BCUT2D eigenvalue weighted by Gasteiger charge is -1.98. The number of carbonyl (C=O) groups is 1. The Labute approximate surface area is 89.8 Å². The standard InChI is InChI=1S/C9H7BrO2S/c10-7-3-1-6(8(13)5-7)2-4-9(11)12/h1-5,13H,(H,11,12)/b4-2+. The van der Waals surface area contributed by atoms with Gasteiger partial charge in [0, 0.05) is 15.4 Å². The normalized spacial score (nSPS) is 10.6. The zero-order chi connectivity index (χ0) is 9.84. The van der Waals surface area contributed by atoms with Gasteiger partial charge in [-0.05, 0) is 23.8 Å². The second-order valence-electron chi connectivity index (χ2n) is 2.37. The van der Waals surface area contributed by atoms with Gasteiger partial charge in [0.05, 0.1) is 0 Å². The lowest BCUT2D eigenvalue weighted by atomic mass is 10.2. The first-order valence-electron chi connectivity index (χ1n) is 3.49. The van der Waals surface area contributed by atoms with E-state index in [1.54, 1.807) is 6.07 Å². The summed E-state index contributed by atoms with van der Waals surface area (Å²) in [6, 6.07) is 5.44. The van der Waals surface area contributed by atoms with Crippen molar-refractivity contribution in [3.05, 3.63) is 34.3 Å². The van der Waals surface area contributed by atoms with E-state index in [9.17, 15) is 4.79 Å². The topological polar surface area (TPSA) is 37.3 Å². The molecular weight excluding hydrogens is 252 g/mol. The Morgan fingerprint density at radius 2 is 2.23 bits per heavy atom. The maximum Gasteiger partial charge on any atom is 0.328 e. The largest absolute Gasteiger partial charge is 0.478 e. The van der Waals surface area contributed by atoms with Crippen molar-refractivity contribution in [2.24, 2.45) is 0 Å². The summed E-state index contributed by atoms with van der Waals surface area (Å²) in [6.45, 7) is 0. The minimum atomic E-state index is -0.962. The minimum absolute atomic E-state index is 0.742. The molecular formula is C9H7BrO2S. The summed E-state index contributed by atoms with van der Waals surface area (Å²) in [5.74, 6) is -0.962. The third-order valence-electron chi connectivity index (χ3n) is 1.40. The number of rotatable bonds is 2. The van der Waals surface area contributed by atoms with Gasteiger partial charge in [0.1, 0.15) is 0 Å². The molecule has 0 saturated carbocycles. The number of halogens is 1. The summed E-state index contributed by atoms with van der Waals surface area (Å²) in [4.78, 5) is 11.0. The van der Waals surface area contributed by atoms with E-state index in [1.165, 1.54) is 6.08 Å². The Kier molecular flexibility index (Phi) is 3.57. The highest BCUT2D eigenvalue weighted by Crippen LogP contribution is 2.20. The highest BCUT2D eigenvalue weighted by molar-refractivity contribution is 9.10. The first-order chi connectivity index (χ1) is 6.09. The van der Waals surface area contributed by atoms with Crippen molar-refractivity contribution in [2.45, 2.75) is 4.90 Å². The Morgan fingerprint density at radius 3 is 2.77 bits per heavy atom. The third kappa shape index (κ3) is 3.24. The molecule has 1 N–H and O–H groups in total. The number of hydrogen-bond donors (Lipinski definition) is 2. The molecule has 0 aliphatic rings. The SMILES string of the molecule is O=C(O)/C=C/c1ccc(Br)cc1S. The van der Waals surface area contributed by atoms with Crippen molar-refractivity contribution in [1.29, 1.82) is 0 Å². The van der Waals surface area contributed by atoms with E-state index in [4.69, 9.17) is 5.11 Å². The molecule has 0 atom stereocenters. The molecule has 2 nitrogen and oxygen atoms in total. The summed E-state index contributed by atoms with van der Waals surface area (Å²) < 4.78 is 0.921. The Morgan fingerprint density at radius 1 is 1.54 bits per heavy atom. The second-order valence-corrected chi connectivity index (χ2v) is 3.77. The predicted octanol–water partition coefficient (Wildman–Crippen LogP) is 2.84. The number of thiol groups is 1. The summed E-state index contributed by atoms with van der Waals surface area (Å²) in [7, 11) is 0. The fourth-order valence-corrected chi connectivity index (χ4v) is 1.64. The molecule has 0 radical (unpaired) electrons. The molecule has 0 heterocycles. The van der Waals surface area contributed by atoms with E-state index in [1.807, 2.05) is 12.1 Å². The number of hydrogen-bond acceptors (Lipinski definition) is 2. The number of benzene rings is 1. The van der Waals surface area contributed by atoms with Gasteiger partial charge in [0.15, 0.2) is 0 Å². The molecule has 1 rings (SSSR count). The maximum atomic E-state index is 10.2. The average Bonchev–Trinajstić information content (AvgIpc) is 2.02. The van der Waals surface area contributed by atoms with Crippen molar-refractivity contribution in [1.82, 2.24) is 0 Å². The van der Waals surface area contributed by atoms with E-state index in [-0.39, 0.29) is 0 Å². The van der Waals surface area contributed by atoms with Gasteiger partial charge in [-0.3, -0.25) is 0 Å². The number of carboxylic acids is 1. The van der Waals surface area contributed by atoms with Crippen LogP contribution in [0.1, 0.15) is 5.56 Å². The van der Waals surface area contributed by atoms with E-state index in [0.717, 1.165) is 21.0 Å². The lowest BCUT2D eigenvalue weighted by molar-refractivity contribution is -0.131. The van der Waals surface area contributed by atoms with E-state index < -0.39 is 5.97 Å². The van der Waals surface area contributed by atoms with Crippen molar-refractivity contribution in [3.8, 4) is 0 Å². The maximum absolute atomic E-state index is 10.2. The lowest BCUT2D eigenvalue weighted by Crippen LogP contribution is -1.86. The van der Waals surface area contributed by atoms with Gasteiger partial charge in [0.25, 0.3) is 0 Å². The van der Waals surface area contributed by atoms with E-state index in [2.05, 4.69) is 28.6 Å². The summed E-state index contributed by atoms with van der Waals surface area (Å²) in [5.41, 5.74) is 0.786. The molecule has 0 amide bonds. The van der Waals surface area contributed by atoms with Gasteiger partial charge in [0.2, 0.25) is 0 Å². The highest BCUT2D eigenvalue weighted by Gasteiger charge is 1.96. The van der Waals surface area contributed by atoms with Gasteiger partial charge in [-0.25, -0.2) is 4.79 Å². The molecule has 0 aliphatic carbocycles. The Balaban J connectivity index is 2.96. The van der Waals surface area contributed by atoms with Crippen molar-refractivity contribution in [3.63, 3.8) is 0 Å². The minimum Gasteiger partial charge on any atom is -0.478 e. The molecule has 1 aromatic carbocycles. The first kappa shape index (κ1) is 10.3. The monoisotopic (exact) mass is 258 g/mol. The van der Waals surface area contributed by atoms with Crippen LogP contribution in [0.4, 0.5) is 0 Å². The molecule has 68 valence electrons. The Bertz CT molecular complexity index is 361. The predicted molar refractivity (Wildman–Crippen MR) is 58.1 cm³/mol. The van der Waals surface area contributed by atoms with Crippen LogP contribution in [0.5, 0.6) is 0 Å². The van der Waals surface area contributed by atoms with Crippen LogP contribution in [0.25, 0.3) is 6.08 Å². The van der Waals surface area contributed by atoms with Crippen molar-refractivity contribution < 1.29 is 9.90 Å². The smallest absolute Gasteiger partial charge is 0.328 e. The van der Waals surface area contributed by atoms with E-state index in [0.29, 0.717) is 0 Å². The summed E-state index contributed by atoms with van der Waals surface area (Å²) in [5, 5.41) is 8.40. The van der Waals surface area contributed by atoms with Crippen LogP contribution in [-0.4, -0.2) is 11.1 Å². The van der Waals surface area contributed by atoms with Gasteiger partial charge in [-0.15, -0.1) is 12.6 Å². The van der Waals surface area contributed by atoms with Gasteiger partial charge in [-0.2, -0.15) is 0 Å². The van der Waals surface area contributed by atoms with Crippen LogP contribution in [0.15, 0.2) is 33.6 Å². The molecule has 1 aromatic rings. The molecule has 4 heteroatoms. The zero-order valence-electron chi connectivity index (χ0n) is 6.57. The second kappa shape index (κ2) is 4.48. The molecule has 0 spiro atoms. The highest BCUT2D eigenvalue weighted by atomic mass is 79.9. The van der Waals surface area contributed by atoms with Crippen LogP contribution < -0.4 is 0 Å². The van der Waals surface area contributed by atoms with Gasteiger partial charge in [-0.1, -0.05) is 22.0 Å². The molecule has 0 fully saturated rings. The molecule has 13 heavy (non-hydrogen) atoms. The summed E-state index contributed by atoms with van der Waals surface area (Å²) in [6.07, 6.45) is 2.60. The summed E-state index contributed by atoms with van der Waals surface area (Å²) >= 11 is 7.48. The van der Waals surface area contributed by atoms with Crippen molar-refractivity contribution in [2.75, 3.05) is 0 Å². The Hall–Kier alpha value is -0.740. The number of aliphatic carboxylic acids is 1. The van der Waals surface area contributed by atoms with Crippen LogP contribution in [0.2, 0.25) is 0 Å². The first-order valence-corrected chi connectivity index (χ1v) is 4.73. The van der Waals surface area contributed by atoms with Crippen LogP contribution in [0.3, 0.4) is 0 Å². The van der Waals surface area contributed by atoms with Crippen LogP contribution in [-0.2, 0) is 4.79 Å². The quantitative estimate of drug-likeness (QED) is 0.633. The zero-order valence-corrected chi connectivity index (χ0v) is 9.05. The average molecular weight is 259 g/mol. The molecule has 0 saturated heterocycles. The third-order valence-corrected chi connectivity index (χ3v) is 2.28. The van der Waals surface area contributed by atoms with E-state index >= 15 is 0 Å².